The lowest BCUT2D eigenvalue weighted by molar-refractivity contribution is 1.31. The number of benzene rings is 2. The maximum absolute atomic E-state index is 7.96. The summed E-state index contributed by atoms with van der Waals surface area (Å²) in [6.07, 6.45) is 0. The van der Waals surface area contributed by atoms with Crippen molar-refractivity contribution in [2.45, 2.75) is 0 Å². The first-order valence-electron chi connectivity index (χ1n) is 5.30. The van der Waals surface area contributed by atoms with Gasteiger partial charge in [-0.25, -0.2) is 8.84 Å². The van der Waals surface area contributed by atoms with Gasteiger partial charge in [0, 0.05) is 23.6 Å². The van der Waals surface area contributed by atoms with Gasteiger partial charge in [-0.05, 0) is 24.3 Å². The van der Waals surface area contributed by atoms with Crippen molar-refractivity contribution in [1.29, 1.82) is 5.41 Å². The van der Waals surface area contributed by atoms with Crippen LogP contribution in [-0.2, 0) is 0 Å². The molecule has 2 aromatic rings. The SMILES string of the molecule is N=C(N(Cl)c1ccccc1)N(Cl)c1ccccc1. The van der Waals surface area contributed by atoms with Crippen LogP contribution in [0.3, 0.4) is 0 Å². The third-order valence-corrected chi connectivity index (χ3v) is 3.05. The van der Waals surface area contributed by atoms with Crippen molar-refractivity contribution in [3.8, 4) is 0 Å². The highest BCUT2D eigenvalue weighted by molar-refractivity contribution is 6.47. The van der Waals surface area contributed by atoms with Gasteiger partial charge in [0.15, 0.2) is 0 Å². The van der Waals surface area contributed by atoms with Gasteiger partial charge in [0.2, 0.25) is 5.96 Å². The molecule has 0 spiro atoms. The largest absolute Gasteiger partial charge is 0.266 e. The van der Waals surface area contributed by atoms with Crippen LogP contribution < -0.4 is 8.84 Å². The Morgan fingerprint density at radius 2 is 1.06 bits per heavy atom. The fourth-order valence-electron chi connectivity index (χ4n) is 1.44. The molecule has 0 aliphatic heterocycles. The number of halogens is 2. The molecule has 1 N–H and O–H groups in total. The number of para-hydroxylation sites is 2. The van der Waals surface area contributed by atoms with Crippen LogP contribution in [0.25, 0.3) is 0 Å². The molecular weight excluding hydrogens is 269 g/mol. The van der Waals surface area contributed by atoms with E-state index in [1.165, 1.54) is 8.84 Å². The smallest absolute Gasteiger partial charge is 0.233 e. The van der Waals surface area contributed by atoms with E-state index in [1.807, 2.05) is 36.4 Å². The second-order valence-electron chi connectivity index (χ2n) is 3.56. The monoisotopic (exact) mass is 279 g/mol. The molecule has 0 saturated carbocycles. The quantitative estimate of drug-likeness (QED) is 0.506. The normalized spacial score (nSPS) is 9.89. The highest BCUT2D eigenvalue weighted by Crippen LogP contribution is 2.22. The van der Waals surface area contributed by atoms with Crippen molar-refractivity contribution in [2.24, 2.45) is 0 Å². The van der Waals surface area contributed by atoms with E-state index < -0.39 is 0 Å². The topological polar surface area (TPSA) is 30.3 Å². The van der Waals surface area contributed by atoms with Crippen molar-refractivity contribution in [3.05, 3.63) is 60.7 Å². The Bertz CT molecular complexity index is 469. The van der Waals surface area contributed by atoms with Gasteiger partial charge >= 0.3 is 0 Å². The Morgan fingerprint density at radius 1 is 0.722 bits per heavy atom. The molecule has 5 heteroatoms. The Balaban J connectivity index is 2.17. The first kappa shape index (κ1) is 12.7. The molecule has 3 nitrogen and oxygen atoms in total. The lowest BCUT2D eigenvalue weighted by Crippen LogP contribution is -2.32. The maximum atomic E-state index is 7.96. The zero-order valence-corrected chi connectivity index (χ0v) is 10.9. The average molecular weight is 280 g/mol. The summed E-state index contributed by atoms with van der Waals surface area (Å²) in [7, 11) is 0. The lowest BCUT2D eigenvalue weighted by atomic mass is 10.3. The van der Waals surface area contributed by atoms with E-state index in [2.05, 4.69) is 0 Å². The molecule has 0 aliphatic carbocycles. The van der Waals surface area contributed by atoms with E-state index in [0.717, 1.165) is 0 Å². The van der Waals surface area contributed by atoms with Crippen molar-refractivity contribution in [2.75, 3.05) is 8.84 Å². The number of hydrogen-bond acceptors (Lipinski definition) is 1. The van der Waals surface area contributed by atoms with E-state index in [9.17, 15) is 0 Å². The summed E-state index contributed by atoms with van der Waals surface area (Å²) in [6, 6.07) is 18.4. The predicted octanol–water partition coefficient (Wildman–Crippen LogP) is 4.24. The molecule has 0 heterocycles. The van der Waals surface area contributed by atoms with Gasteiger partial charge in [-0.3, -0.25) is 5.41 Å². The van der Waals surface area contributed by atoms with Crippen LogP contribution in [0, 0.1) is 5.41 Å². The van der Waals surface area contributed by atoms with Crippen molar-refractivity contribution < 1.29 is 0 Å². The Morgan fingerprint density at radius 3 is 1.39 bits per heavy atom. The Kier molecular flexibility index (Phi) is 4.07. The first-order chi connectivity index (χ1) is 8.70. The highest BCUT2D eigenvalue weighted by atomic mass is 35.5. The van der Waals surface area contributed by atoms with Crippen LogP contribution in [-0.4, -0.2) is 5.96 Å². The molecule has 0 saturated heterocycles. The van der Waals surface area contributed by atoms with Crippen molar-refractivity contribution >= 4 is 40.9 Å². The van der Waals surface area contributed by atoms with E-state index in [-0.39, 0.29) is 5.96 Å². The number of anilines is 2. The van der Waals surface area contributed by atoms with Gasteiger partial charge in [-0.2, -0.15) is 0 Å². The van der Waals surface area contributed by atoms with Gasteiger partial charge in [0.25, 0.3) is 0 Å². The van der Waals surface area contributed by atoms with E-state index in [0.29, 0.717) is 11.4 Å². The third-order valence-electron chi connectivity index (χ3n) is 2.34. The molecule has 18 heavy (non-hydrogen) atoms. The summed E-state index contributed by atoms with van der Waals surface area (Å²) in [4.78, 5) is 0. The van der Waals surface area contributed by atoms with Crippen LogP contribution in [0.2, 0.25) is 0 Å². The third kappa shape index (κ3) is 2.75. The maximum Gasteiger partial charge on any atom is 0.233 e. The molecule has 2 rings (SSSR count). The zero-order chi connectivity index (χ0) is 13.0. The summed E-state index contributed by atoms with van der Waals surface area (Å²) < 4.78 is 2.39. The lowest BCUT2D eigenvalue weighted by Gasteiger charge is -2.23. The van der Waals surface area contributed by atoms with Gasteiger partial charge in [-0.1, -0.05) is 36.4 Å². The zero-order valence-electron chi connectivity index (χ0n) is 9.42. The predicted molar refractivity (Wildman–Crippen MR) is 77.3 cm³/mol. The minimum Gasteiger partial charge on any atom is -0.266 e. The fraction of sp³-hybridized carbons (Fsp3) is 0. The van der Waals surface area contributed by atoms with Crippen LogP contribution >= 0.6 is 23.6 Å². The van der Waals surface area contributed by atoms with Crippen molar-refractivity contribution in [3.63, 3.8) is 0 Å². The minimum absolute atomic E-state index is 0.0317. The van der Waals surface area contributed by atoms with E-state index in [4.69, 9.17) is 29.0 Å². The molecule has 0 bridgehead atoms. The molecule has 0 fully saturated rings. The van der Waals surface area contributed by atoms with E-state index in [1.54, 1.807) is 24.3 Å². The van der Waals surface area contributed by atoms with E-state index >= 15 is 0 Å². The summed E-state index contributed by atoms with van der Waals surface area (Å²) in [5.41, 5.74) is 1.37. The second kappa shape index (κ2) is 5.76. The first-order valence-corrected chi connectivity index (χ1v) is 5.98. The average Bonchev–Trinajstić information content (AvgIpc) is 2.47. The van der Waals surface area contributed by atoms with Crippen LogP contribution in [0.5, 0.6) is 0 Å². The number of rotatable bonds is 2. The summed E-state index contributed by atoms with van der Waals surface area (Å²) >= 11 is 12.2. The van der Waals surface area contributed by atoms with Gasteiger partial charge in [-0.15, -0.1) is 0 Å². The molecule has 0 atom stereocenters. The molecule has 0 aliphatic rings. The van der Waals surface area contributed by atoms with Gasteiger partial charge in [0.1, 0.15) is 0 Å². The number of nitrogens with zero attached hydrogens (tertiary/aromatic N) is 2. The molecule has 0 amide bonds. The molecule has 0 aromatic heterocycles. The second-order valence-corrected chi connectivity index (χ2v) is 4.23. The van der Waals surface area contributed by atoms with Gasteiger partial charge in [0.05, 0.1) is 11.4 Å². The Hall–Kier alpha value is -1.71. The minimum atomic E-state index is -0.0317. The molecule has 2 aromatic carbocycles. The number of hydrogen-bond donors (Lipinski definition) is 1. The van der Waals surface area contributed by atoms with Gasteiger partial charge < -0.3 is 0 Å². The molecular formula is C13H11Cl2N3. The number of nitrogens with one attached hydrogen (secondary N) is 1. The van der Waals surface area contributed by atoms with Crippen LogP contribution in [0.15, 0.2) is 60.7 Å². The summed E-state index contributed by atoms with van der Waals surface area (Å²) in [6.45, 7) is 0. The molecule has 0 unspecified atom stereocenters. The van der Waals surface area contributed by atoms with Crippen LogP contribution in [0.1, 0.15) is 0 Å². The number of guanidine groups is 1. The standard InChI is InChI=1S/C13H11Cl2N3/c14-17(11-7-3-1-4-8-11)13(16)18(15)12-9-5-2-6-10-12/h1-10,16H. The molecule has 92 valence electrons. The van der Waals surface area contributed by atoms with Crippen molar-refractivity contribution in [1.82, 2.24) is 0 Å². The summed E-state index contributed by atoms with van der Waals surface area (Å²) in [5, 5.41) is 7.96. The molecule has 0 radical (unpaired) electrons. The van der Waals surface area contributed by atoms with Crippen LogP contribution in [0.4, 0.5) is 11.4 Å². The summed E-state index contributed by atoms with van der Waals surface area (Å²) in [5.74, 6) is -0.0317. The fourth-order valence-corrected chi connectivity index (χ4v) is 1.85. The Labute approximate surface area is 116 Å². The highest BCUT2D eigenvalue weighted by Gasteiger charge is 2.16.